The van der Waals surface area contributed by atoms with Crippen LogP contribution in [0.2, 0.25) is 0 Å². The van der Waals surface area contributed by atoms with Crippen molar-refractivity contribution < 1.29 is 42.1 Å². The Kier molecular flexibility index (Phi) is 39.7. The lowest BCUT2D eigenvalue weighted by atomic mass is 10.0. The molecule has 0 aromatic carbocycles. The summed E-state index contributed by atoms with van der Waals surface area (Å²) in [6.07, 6.45) is 41.4. The molecule has 0 radical (unpaired) electrons. The van der Waals surface area contributed by atoms with E-state index in [2.05, 4.69) is 13.8 Å². The molecule has 0 aromatic rings. The molecular formula is C47H95NO8P+. The molecule has 2 unspecified atom stereocenters. The Bertz CT molecular complexity index is 943. The Balaban J connectivity index is 4.24. The third-order valence-corrected chi connectivity index (χ3v) is 11.9. The van der Waals surface area contributed by atoms with Crippen LogP contribution in [0.5, 0.6) is 0 Å². The fourth-order valence-electron chi connectivity index (χ4n) is 7.08. The highest BCUT2D eigenvalue weighted by Gasteiger charge is 2.27. The van der Waals surface area contributed by atoms with Gasteiger partial charge in [-0.15, -0.1) is 0 Å². The number of quaternary nitrogens is 1. The number of hydrogen-bond donors (Lipinski definition) is 1. The Morgan fingerprint density at radius 2 is 0.789 bits per heavy atom. The van der Waals surface area contributed by atoms with Gasteiger partial charge in [-0.3, -0.25) is 18.6 Å². The Morgan fingerprint density at radius 1 is 0.474 bits per heavy atom. The molecule has 0 spiro atoms. The van der Waals surface area contributed by atoms with Crippen LogP contribution in [0, 0.1) is 0 Å². The van der Waals surface area contributed by atoms with Crippen molar-refractivity contribution in [3.8, 4) is 0 Å². The minimum absolute atomic E-state index is 0.0370. The largest absolute Gasteiger partial charge is 0.472 e. The number of phosphoric ester groups is 1. The Morgan fingerprint density at radius 3 is 1.12 bits per heavy atom. The maximum Gasteiger partial charge on any atom is 0.472 e. The SMILES string of the molecule is CCCCCCCCCCCCCCCCCCCC(=O)OCC(COP(=O)(O)OCC[N+](C)(C)C)OC(=O)CCCCCCCCCCCCCCCCCC. The van der Waals surface area contributed by atoms with E-state index in [-0.39, 0.29) is 25.6 Å². The van der Waals surface area contributed by atoms with Crippen molar-refractivity contribution in [3.63, 3.8) is 0 Å². The summed E-state index contributed by atoms with van der Waals surface area (Å²) in [5.74, 6) is -0.780. The molecule has 0 aliphatic heterocycles. The van der Waals surface area contributed by atoms with E-state index in [1.165, 1.54) is 173 Å². The molecule has 0 aliphatic carbocycles. The zero-order chi connectivity index (χ0) is 42.1. The summed E-state index contributed by atoms with van der Waals surface area (Å²) >= 11 is 0. The minimum Gasteiger partial charge on any atom is -0.462 e. The molecule has 1 N–H and O–H groups in total. The minimum atomic E-state index is -4.37. The van der Waals surface area contributed by atoms with Gasteiger partial charge < -0.3 is 18.9 Å². The molecule has 2 atom stereocenters. The molecule has 0 rings (SSSR count). The molecule has 57 heavy (non-hydrogen) atoms. The van der Waals surface area contributed by atoms with Crippen LogP contribution < -0.4 is 0 Å². The maximum absolute atomic E-state index is 12.7. The highest BCUT2D eigenvalue weighted by Crippen LogP contribution is 2.43. The molecule has 0 aliphatic rings. The van der Waals surface area contributed by atoms with Crippen LogP contribution in [0.1, 0.15) is 239 Å². The molecule has 0 amide bonds. The number of carbonyl (C=O) groups excluding carboxylic acids is 2. The second kappa shape index (κ2) is 40.4. The first-order chi connectivity index (χ1) is 27.5. The summed E-state index contributed by atoms with van der Waals surface area (Å²) in [4.78, 5) is 35.5. The van der Waals surface area contributed by atoms with E-state index in [0.29, 0.717) is 17.4 Å². The van der Waals surface area contributed by atoms with Crippen LogP contribution in [0.3, 0.4) is 0 Å². The van der Waals surface area contributed by atoms with E-state index in [4.69, 9.17) is 18.5 Å². The van der Waals surface area contributed by atoms with Crippen LogP contribution in [-0.2, 0) is 32.7 Å². The van der Waals surface area contributed by atoms with Gasteiger partial charge in [0.15, 0.2) is 6.10 Å². The van der Waals surface area contributed by atoms with Crippen molar-refractivity contribution in [1.29, 1.82) is 0 Å². The van der Waals surface area contributed by atoms with Gasteiger partial charge in [0.1, 0.15) is 19.8 Å². The number of phosphoric acid groups is 1. The van der Waals surface area contributed by atoms with Crippen LogP contribution in [0.25, 0.3) is 0 Å². The second-order valence-electron chi connectivity index (χ2n) is 17.9. The number of esters is 2. The van der Waals surface area contributed by atoms with Crippen molar-refractivity contribution in [2.24, 2.45) is 0 Å². The van der Waals surface area contributed by atoms with Crippen molar-refractivity contribution in [2.75, 3.05) is 47.5 Å². The average Bonchev–Trinajstić information content (AvgIpc) is 3.16. The van der Waals surface area contributed by atoms with Gasteiger partial charge in [-0.25, -0.2) is 4.57 Å². The van der Waals surface area contributed by atoms with Crippen molar-refractivity contribution >= 4 is 19.8 Å². The molecule has 0 heterocycles. The van der Waals surface area contributed by atoms with Crippen molar-refractivity contribution in [1.82, 2.24) is 0 Å². The molecular weight excluding hydrogens is 737 g/mol. The van der Waals surface area contributed by atoms with E-state index in [1.807, 2.05) is 21.1 Å². The highest BCUT2D eigenvalue weighted by atomic mass is 31.2. The van der Waals surface area contributed by atoms with Gasteiger partial charge in [0.25, 0.3) is 0 Å². The van der Waals surface area contributed by atoms with Crippen LogP contribution in [0.15, 0.2) is 0 Å². The first-order valence-electron chi connectivity index (χ1n) is 24.3. The number of nitrogens with zero attached hydrogens (tertiary/aromatic N) is 1. The zero-order valence-corrected chi connectivity index (χ0v) is 39.2. The molecule has 0 aromatic heterocycles. The van der Waals surface area contributed by atoms with Crippen LogP contribution in [0.4, 0.5) is 0 Å². The standard InChI is InChI=1S/C47H94NO8P/c1-6-8-10-12-14-16-18-20-22-24-26-27-29-31-33-35-37-39-46(49)53-43-45(44-55-57(51,52)54-42-41-48(3,4)5)56-47(50)40-38-36-34-32-30-28-25-23-21-19-17-15-13-11-9-7-2/h45H,6-44H2,1-5H3/p+1. The number of rotatable bonds is 45. The van der Waals surface area contributed by atoms with Gasteiger partial charge in [-0.05, 0) is 12.8 Å². The summed E-state index contributed by atoms with van der Waals surface area (Å²) < 4.78 is 34.4. The third kappa shape index (κ3) is 44.4. The molecule has 0 fully saturated rings. The normalized spacial score (nSPS) is 13.4. The maximum atomic E-state index is 12.7. The number of carbonyl (C=O) groups is 2. The zero-order valence-electron chi connectivity index (χ0n) is 38.4. The number of unbranched alkanes of at least 4 members (excludes halogenated alkanes) is 31. The summed E-state index contributed by atoms with van der Waals surface area (Å²) in [5, 5.41) is 0. The van der Waals surface area contributed by atoms with E-state index in [1.54, 1.807) is 0 Å². The molecule has 9 nitrogen and oxygen atoms in total. The van der Waals surface area contributed by atoms with Gasteiger partial charge in [0.2, 0.25) is 0 Å². The van der Waals surface area contributed by atoms with Crippen LogP contribution in [-0.4, -0.2) is 74.9 Å². The molecule has 340 valence electrons. The number of likely N-dealkylation sites (N-methyl/N-ethyl adjacent to an activating group) is 1. The monoisotopic (exact) mass is 833 g/mol. The fourth-order valence-corrected chi connectivity index (χ4v) is 7.82. The van der Waals surface area contributed by atoms with Crippen molar-refractivity contribution in [2.45, 2.75) is 245 Å². The van der Waals surface area contributed by atoms with E-state index in [0.717, 1.165) is 38.5 Å². The lowest BCUT2D eigenvalue weighted by Gasteiger charge is -2.24. The van der Waals surface area contributed by atoms with Gasteiger partial charge in [-0.2, -0.15) is 0 Å². The van der Waals surface area contributed by atoms with Crippen LogP contribution >= 0.6 is 7.82 Å². The van der Waals surface area contributed by atoms with Gasteiger partial charge >= 0.3 is 19.8 Å². The van der Waals surface area contributed by atoms with E-state index >= 15 is 0 Å². The fraction of sp³-hybridized carbons (Fsp3) is 0.957. The van der Waals surface area contributed by atoms with Crippen molar-refractivity contribution in [3.05, 3.63) is 0 Å². The molecule has 0 bridgehead atoms. The van der Waals surface area contributed by atoms with Gasteiger partial charge in [0.05, 0.1) is 27.7 Å². The molecule has 0 saturated carbocycles. The average molecular weight is 833 g/mol. The Hall–Kier alpha value is -0.990. The molecule has 10 heteroatoms. The summed E-state index contributed by atoms with van der Waals surface area (Å²) in [5.41, 5.74) is 0. The second-order valence-corrected chi connectivity index (χ2v) is 19.3. The van der Waals surface area contributed by atoms with E-state index in [9.17, 15) is 19.0 Å². The first kappa shape index (κ1) is 56.0. The molecule has 0 saturated heterocycles. The summed E-state index contributed by atoms with van der Waals surface area (Å²) in [6.45, 7) is 4.48. The smallest absolute Gasteiger partial charge is 0.462 e. The lowest BCUT2D eigenvalue weighted by molar-refractivity contribution is -0.870. The van der Waals surface area contributed by atoms with Gasteiger partial charge in [0, 0.05) is 12.8 Å². The number of ether oxygens (including phenoxy) is 2. The number of hydrogen-bond acceptors (Lipinski definition) is 7. The predicted octanol–water partition coefficient (Wildman–Crippen LogP) is 14.0. The quantitative estimate of drug-likeness (QED) is 0.0280. The summed E-state index contributed by atoms with van der Waals surface area (Å²) in [7, 11) is 1.50. The van der Waals surface area contributed by atoms with E-state index < -0.39 is 26.5 Å². The third-order valence-electron chi connectivity index (χ3n) is 10.9. The lowest BCUT2D eigenvalue weighted by Crippen LogP contribution is -2.37. The first-order valence-corrected chi connectivity index (χ1v) is 25.8. The highest BCUT2D eigenvalue weighted by molar-refractivity contribution is 7.47. The topological polar surface area (TPSA) is 108 Å². The predicted molar refractivity (Wildman–Crippen MR) is 238 cm³/mol. The Labute approximate surface area is 353 Å². The van der Waals surface area contributed by atoms with Gasteiger partial charge in [-0.1, -0.05) is 213 Å². The summed E-state index contributed by atoms with van der Waals surface area (Å²) in [6, 6.07) is 0.